The minimum Gasteiger partial charge on any atom is -0.497 e. The van der Waals surface area contributed by atoms with Crippen LogP contribution < -0.4 is 10.5 Å². The molecule has 0 bridgehead atoms. The molecular formula is C14H17N3O4. The number of aldehydes is 1. The number of aliphatic hydroxyl groups excluding tert-OH is 2. The molecule has 0 aliphatic rings. The number of hydrogen-bond donors (Lipinski definition) is 3. The Balaban J connectivity index is 2.47. The Hall–Kier alpha value is -2.38. The summed E-state index contributed by atoms with van der Waals surface area (Å²) in [5.74, 6) is 0.781. The second-order valence-corrected chi connectivity index (χ2v) is 4.52. The van der Waals surface area contributed by atoms with Crippen molar-refractivity contribution >= 4 is 12.1 Å². The highest BCUT2D eigenvalue weighted by Gasteiger charge is 2.18. The van der Waals surface area contributed by atoms with Gasteiger partial charge in [-0.2, -0.15) is 5.10 Å². The van der Waals surface area contributed by atoms with Crippen LogP contribution in [0.1, 0.15) is 10.4 Å². The third-order valence-corrected chi connectivity index (χ3v) is 3.09. The molecule has 1 aromatic heterocycles. The molecule has 7 nitrogen and oxygen atoms in total. The van der Waals surface area contributed by atoms with Gasteiger partial charge in [-0.1, -0.05) is 12.1 Å². The number of carbonyl (C=O) groups is 1. The van der Waals surface area contributed by atoms with Crippen LogP contribution in [-0.2, 0) is 6.54 Å². The molecule has 1 aromatic carbocycles. The third-order valence-electron chi connectivity index (χ3n) is 3.09. The number of hydrogen-bond acceptors (Lipinski definition) is 6. The number of nitrogen functional groups attached to an aromatic ring is 1. The zero-order chi connectivity index (χ0) is 15.4. The Labute approximate surface area is 121 Å². The average molecular weight is 291 g/mol. The van der Waals surface area contributed by atoms with E-state index in [0.717, 1.165) is 0 Å². The molecule has 2 rings (SSSR count). The quantitative estimate of drug-likeness (QED) is 0.660. The second kappa shape index (κ2) is 6.38. The summed E-state index contributed by atoms with van der Waals surface area (Å²) >= 11 is 0. The third kappa shape index (κ3) is 3.04. The fourth-order valence-electron chi connectivity index (χ4n) is 1.99. The Bertz CT molecular complexity index is 639. The summed E-state index contributed by atoms with van der Waals surface area (Å²) < 4.78 is 6.45. The first-order chi connectivity index (χ1) is 10.1. The summed E-state index contributed by atoms with van der Waals surface area (Å²) in [6.07, 6.45) is -0.372. The number of aromatic nitrogens is 2. The van der Waals surface area contributed by atoms with Crippen molar-refractivity contribution in [1.82, 2.24) is 9.78 Å². The zero-order valence-corrected chi connectivity index (χ0v) is 11.6. The van der Waals surface area contributed by atoms with Gasteiger partial charge in [-0.15, -0.1) is 0 Å². The van der Waals surface area contributed by atoms with Gasteiger partial charge in [0.05, 0.1) is 31.9 Å². The van der Waals surface area contributed by atoms with Crippen LogP contribution in [0.25, 0.3) is 11.3 Å². The summed E-state index contributed by atoms with van der Waals surface area (Å²) in [6, 6.07) is 7.08. The van der Waals surface area contributed by atoms with Crippen molar-refractivity contribution < 1.29 is 19.7 Å². The number of benzene rings is 1. The fraction of sp³-hybridized carbons (Fsp3) is 0.286. The van der Waals surface area contributed by atoms with Crippen molar-refractivity contribution in [2.45, 2.75) is 12.6 Å². The lowest BCUT2D eigenvalue weighted by Gasteiger charge is -2.08. The van der Waals surface area contributed by atoms with Crippen LogP contribution in [-0.4, -0.2) is 46.1 Å². The lowest BCUT2D eigenvalue weighted by Crippen LogP contribution is -2.21. The summed E-state index contributed by atoms with van der Waals surface area (Å²) in [5, 5.41) is 22.6. The Morgan fingerprint density at radius 3 is 2.90 bits per heavy atom. The van der Waals surface area contributed by atoms with Crippen molar-refractivity contribution in [2.24, 2.45) is 0 Å². The highest BCUT2D eigenvalue weighted by Crippen LogP contribution is 2.28. The van der Waals surface area contributed by atoms with Crippen molar-refractivity contribution in [3.05, 3.63) is 29.8 Å². The predicted molar refractivity (Wildman–Crippen MR) is 77.1 cm³/mol. The maximum Gasteiger partial charge on any atom is 0.156 e. The highest BCUT2D eigenvalue weighted by molar-refractivity contribution is 5.91. The van der Waals surface area contributed by atoms with Gasteiger partial charge in [0.2, 0.25) is 0 Å². The zero-order valence-electron chi connectivity index (χ0n) is 11.6. The summed E-state index contributed by atoms with van der Waals surface area (Å²) in [4.78, 5) is 11.3. The Kier molecular flexibility index (Phi) is 4.56. The standard InChI is InChI=1S/C14H17N3O4/c1-21-11-4-2-3-9(5-11)13-12(8-19)14(15)17(16-13)6-10(20)7-18/h2-5,8,10,18,20H,6-7,15H2,1H3. The molecule has 0 aliphatic heterocycles. The van der Waals surface area contributed by atoms with Crippen LogP contribution in [0.2, 0.25) is 0 Å². The van der Waals surface area contributed by atoms with Gasteiger partial charge < -0.3 is 20.7 Å². The fourth-order valence-corrected chi connectivity index (χ4v) is 1.99. The molecule has 112 valence electrons. The number of nitrogens with zero attached hydrogens (tertiary/aromatic N) is 2. The molecule has 1 heterocycles. The molecule has 7 heteroatoms. The van der Waals surface area contributed by atoms with E-state index in [2.05, 4.69) is 5.10 Å². The minimum absolute atomic E-state index is 0.00709. The van der Waals surface area contributed by atoms with Gasteiger partial charge in [0, 0.05) is 5.56 Å². The van der Waals surface area contributed by atoms with Gasteiger partial charge in [-0.3, -0.25) is 4.79 Å². The van der Waals surface area contributed by atoms with E-state index in [-0.39, 0.29) is 17.9 Å². The van der Waals surface area contributed by atoms with Crippen molar-refractivity contribution in [3.63, 3.8) is 0 Å². The van der Waals surface area contributed by atoms with E-state index < -0.39 is 12.7 Å². The molecule has 0 radical (unpaired) electrons. The minimum atomic E-state index is -0.995. The van der Waals surface area contributed by atoms with E-state index in [1.54, 1.807) is 31.4 Å². The monoisotopic (exact) mass is 291 g/mol. The average Bonchev–Trinajstić information content (AvgIpc) is 2.83. The molecule has 1 unspecified atom stereocenters. The lowest BCUT2D eigenvalue weighted by atomic mass is 10.1. The number of nitrogens with two attached hydrogens (primary N) is 1. The first-order valence-corrected chi connectivity index (χ1v) is 6.35. The molecular weight excluding hydrogens is 274 g/mol. The molecule has 0 fully saturated rings. The van der Waals surface area contributed by atoms with E-state index in [9.17, 15) is 9.90 Å². The van der Waals surface area contributed by atoms with Gasteiger partial charge in [0.25, 0.3) is 0 Å². The van der Waals surface area contributed by atoms with Crippen LogP contribution in [0, 0.1) is 0 Å². The topological polar surface area (TPSA) is 111 Å². The van der Waals surface area contributed by atoms with E-state index in [1.807, 2.05) is 0 Å². The Morgan fingerprint density at radius 2 is 2.29 bits per heavy atom. The maximum absolute atomic E-state index is 11.3. The number of carbonyl (C=O) groups excluding carboxylic acids is 1. The smallest absolute Gasteiger partial charge is 0.156 e. The predicted octanol–water partition coefficient (Wildman–Crippen LogP) is 0.307. The van der Waals surface area contributed by atoms with Crippen molar-refractivity contribution in [3.8, 4) is 17.0 Å². The number of methoxy groups -OCH3 is 1. The number of rotatable bonds is 6. The summed E-state index contributed by atoms with van der Waals surface area (Å²) in [5.41, 5.74) is 7.20. The number of ether oxygens (including phenoxy) is 1. The van der Waals surface area contributed by atoms with E-state index in [4.69, 9.17) is 15.6 Å². The molecule has 0 saturated carbocycles. The largest absolute Gasteiger partial charge is 0.497 e. The first kappa shape index (κ1) is 15.0. The normalized spacial score (nSPS) is 12.1. The van der Waals surface area contributed by atoms with Gasteiger partial charge in [0.15, 0.2) is 6.29 Å². The Morgan fingerprint density at radius 1 is 1.52 bits per heavy atom. The van der Waals surface area contributed by atoms with E-state index >= 15 is 0 Å². The first-order valence-electron chi connectivity index (χ1n) is 6.35. The second-order valence-electron chi connectivity index (χ2n) is 4.52. The van der Waals surface area contributed by atoms with Crippen LogP contribution in [0.4, 0.5) is 5.82 Å². The SMILES string of the molecule is COc1cccc(-c2nn(CC(O)CO)c(N)c2C=O)c1. The van der Waals surface area contributed by atoms with Crippen LogP contribution in [0.5, 0.6) is 5.75 Å². The number of anilines is 1. The molecule has 1 atom stereocenters. The maximum atomic E-state index is 11.3. The molecule has 4 N–H and O–H groups in total. The van der Waals surface area contributed by atoms with Crippen molar-refractivity contribution in [2.75, 3.05) is 19.5 Å². The molecule has 0 spiro atoms. The van der Waals surface area contributed by atoms with E-state index in [0.29, 0.717) is 23.3 Å². The van der Waals surface area contributed by atoms with Gasteiger partial charge in [0.1, 0.15) is 17.3 Å². The number of aliphatic hydroxyl groups is 2. The van der Waals surface area contributed by atoms with Crippen LogP contribution in [0.3, 0.4) is 0 Å². The van der Waals surface area contributed by atoms with Gasteiger partial charge in [-0.25, -0.2) is 4.68 Å². The molecule has 0 aliphatic carbocycles. The molecule has 0 saturated heterocycles. The van der Waals surface area contributed by atoms with Gasteiger partial charge >= 0.3 is 0 Å². The van der Waals surface area contributed by atoms with E-state index in [1.165, 1.54) is 4.68 Å². The highest BCUT2D eigenvalue weighted by atomic mass is 16.5. The summed E-state index contributed by atoms with van der Waals surface area (Å²) in [7, 11) is 1.55. The van der Waals surface area contributed by atoms with Gasteiger partial charge in [-0.05, 0) is 12.1 Å². The molecule has 0 amide bonds. The van der Waals surface area contributed by atoms with Crippen molar-refractivity contribution in [1.29, 1.82) is 0 Å². The van der Waals surface area contributed by atoms with Crippen LogP contribution in [0.15, 0.2) is 24.3 Å². The molecule has 2 aromatic rings. The summed E-state index contributed by atoms with van der Waals surface area (Å²) in [6.45, 7) is -0.405. The lowest BCUT2D eigenvalue weighted by molar-refractivity contribution is 0.0788. The molecule has 21 heavy (non-hydrogen) atoms. The van der Waals surface area contributed by atoms with Crippen LogP contribution >= 0.6 is 0 Å².